The highest BCUT2D eigenvalue weighted by Crippen LogP contribution is 2.16. The largest absolute Gasteiger partial charge is 0.497 e. The Balaban J connectivity index is 1.79. The summed E-state index contributed by atoms with van der Waals surface area (Å²) in [5.41, 5.74) is 1.33. The molecule has 0 saturated heterocycles. The van der Waals surface area contributed by atoms with Crippen LogP contribution in [0, 0.1) is 0 Å². The van der Waals surface area contributed by atoms with Crippen LogP contribution >= 0.6 is 12.2 Å². The van der Waals surface area contributed by atoms with Gasteiger partial charge in [0, 0.05) is 19.3 Å². The van der Waals surface area contributed by atoms with Crippen LogP contribution in [0.25, 0.3) is 10.9 Å². The number of benzene rings is 2. The first-order valence-electron chi connectivity index (χ1n) is 8.77. The molecule has 1 aromatic heterocycles. The summed E-state index contributed by atoms with van der Waals surface area (Å²) in [5, 5.41) is 4.28. The molecule has 0 fully saturated rings. The van der Waals surface area contributed by atoms with E-state index in [0.29, 0.717) is 41.5 Å². The molecule has 0 spiro atoms. The summed E-state index contributed by atoms with van der Waals surface area (Å²) >= 11 is 5.57. The van der Waals surface area contributed by atoms with Gasteiger partial charge in [-0.05, 0) is 48.6 Å². The Hall–Kier alpha value is -2.97. The van der Waals surface area contributed by atoms with Crippen molar-refractivity contribution in [1.29, 1.82) is 0 Å². The maximum atomic E-state index is 12.3. The van der Waals surface area contributed by atoms with Gasteiger partial charge in [0.05, 0.1) is 31.2 Å². The number of H-pyrrole nitrogens is 1. The van der Waals surface area contributed by atoms with Crippen LogP contribution in [0.4, 0.5) is 5.69 Å². The molecule has 8 heteroatoms. The first-order chi connectivity index (χ1) is 13.6. The Morgan fingerprint density at radius 1 is 1.18 bits per heavy atom. The highest BCUT2D eigenvalue weighted by Gasteiger charge is 2.13. The molecule has 0 radical (unpaired) electrons. The van der Waals surface area contributed by atoms with E-state index >= 15 is 0 Å². The lowest BCUT2D eigenvalue weighted by Crippen LogP contribution is -2.37. The summed E-state index contributed by atoms with van der Waals surface area (Å²) < 4.78 is 10.4. The van der Waals surface area contributed by atoms with Crippen molar-refractivity contribution in [3.8, 4) is 5.75 Å². The van der Waals surface area contributed by atoms with Gasteiger partial charge >= 0.3 is 0 Å². The van der Waals surface area contributed by atoms with Gasteiger partial charge in [0.25, 0.3) is 5.56 Å². The number of hydrogen-bond acceptors (Lipinski definition) is 5. The average Bonchev–Trinajstić information content (AvgIpc) is 2.71. The molecule has 0 aliphatic heterocycles. The number of nitrogens with zero attached hydrogens (tertiary/aromatic N) is 2. The average molecular weight is 398 g/mol. The van der Waals surface area contributed by atoms with Crippen molar-refractivity contribution in [2.75, 3.05) is 32.7 Å². The van der Waals surface area contributed by atoms with Crippen LogP contribution in [-0.2, 0) is 11.3 Å². The Kier molecular flexibility index (Phi) is 6.57. The van der Waals surface area contributed by atoms with Gasteiger partial charge in [0.1, 0.15) is 11.6 Å². The van der Waals surface area contributed by atoms with Crippen LogP contribution in [0.1, 0.15) is 5.82 Å². The van der Waals surface area contributed by atoms with Crippen LogP contribution in [0.15, 0.2) is 53.3 Å². The molecule has 3 rings (SSSR count). The monoisotopic (exact) mass is 398 g/mol. The lowest BCUT2D eigenvalue weighted by atomic mass is 10.2. The number of anilines is 1. The van der Waals surface area contributed by atoms with Gasteiger partial charge in [-0.2, -0.15) is 0 Å². The number of aromatic amines is 1. The smallest absolute Gasteiger partial charge is 0.258 e. The molecule has 2 N–H and O–H groups in total. The molecule has 146 valence electrons. The fraction of sp³-hybridized carbons (Fsp3) is 0.250. The van der Waals surface area contributed by atoms with E-state index in [2.05, 4.69) is 15.3 Å². The van der Waals surface area contributed by atoms with Crippen LogP contribution < -0.4 is 15.6 Å². The Morgan fingerprint density at radius 3 is 2.64 bits per heavy atom. The van der Waals surface area contributed by atoms with Gasteiger partial charge in [0.2, 0.25) is 0 Å². The highest BCUT2D eigenvalue weighted by atomic mass is 32.1. The molecule has 0 saturated carbocycles. The van der Waals surface area contributed by atoms with Crippen molar-refractivity contribution in [3.05, 3.63) is 64.7 Å². The zero-order chi connectivity index (χ0) is 19.9. The molecule has 3 aromatic rings. The van der Waals surface area contributed by atoms with E-state index in [0.717, 1.165) is 11.4 Å². The number of methoxy groups -OCH3 is 2. The molecule has 0 atom stereocenters. The first-order valence-corrected chi connectivity index (χ1v) is 9.18. The van der Waals surface area contributed by atoms with Crippen molar-refractivity contribution < 1.29 is 9.47 Å². The Bertz CT molecular complexity index is 1000. The van der Waals surface area contributed by atoms with Gasteiger partial charge in [0.15, 0.2) is 5.11 Å². The van der Waals surface area contributed by atoms with E-state index < -0.39 is 0 Å². The van der Waals surface area contributed by atoms with Crippen molar-refractivity contribution in [1.82, 2.24) is 14.9 Å². The summed E-state index contributed by atoms with van der Waals surface area (Å²) in [6.07, 6.45) is 0. The zero-order valence-corrected chi connectivity index (χ0v) is 16.6. The highest BCUT2D eigenvalue weighted by molar-refractivity contribution is 7.80. The third kappa shape index (κ3) is 4.85. The van der Waals surface area contributed by atoms with E-state index in [9.17, 15) is 4.79 Å². The summed E-state index contributed by atoms with van der Waals surface area (Å²) in [4.78, 5) is 21.6. The fourth-order valence-electron chi connectivity index (χ4n) is 2.72. The quantitative estimate of drug-likeness (QED) is 0.593. The standard InChI is InChI=1S/C20H22N4O3S/c1-26-12-11-24(20(28)21-14-7-9-15(27-2)10-8-14)13-18-22-17-6-4-3-5-16(17)19(25)23-18/h3-10H,11-13H2,1-2H3,(H,21,28)(H,22,23,25). The minimum atomic E-state index is -0.165. The maximum Gasteiger partial charge on any atom is 0.258 e. The molecular formula is C20H22N4O3S. The second kappa shape index (κ2) is 9.29. The van der Waals surface area contributed by atoms with Gasteiger partial charge in [-0.15, -0.1) is 0 Å². The van der Waals surface area contributed by atoms with E-state index in [1.165, 1.54) is 0 Å². The molecule has 0 bridgehead atoms. The topological polar surface area (TPSA) is 79.5 Å². The second-order valence-corrected chi connectivity index (χ2v) is 6.49. The van der Waals surface area contributed by atoms with Gasteiger partial charge < -0.3 is 24.7 Å². The Morgan fingerprint density at radius 2 is 1.93 bits per heavy atom. The number of para-hydroxylation sites is 1. The van der Waals surface area contributed by atoms with Gasteiger partial charge in [-0.25, -0.2) is 4.98 Å². The van der Waals surface area contributed by atoms with Crippen molar-refractivity contribution in [3.63, 3.8) is 0 Å². The molecule has 7 nitrogen and oxygen atoms in total. The molecule has 0 aliphatic rings. The van der Waals surface area contributed by atoms with Crippen LogP contribution in [-0.4, -0.2) is 47.4 Å². The predicted octanol–water partition coefficient (Wildman–Crippen LogP) is 2.78. The fourth-order valence-corrected chi connectivity index (χ4v) is 3.00. The molecule has 28 heavy (non-hydrogen) atoms. The van der Waals surface area contributed by atoms with Crippen molar-refractivity contribution in [2.24, 2.45) is 0 Å². The normalized spacial score (nSPS) is 10.6. The van der Waals surface area contributed by atoms with E-state index in [-0.39, 0.29) is 5.56 Å². The van der Waals surface area contributed by atoms with Gasteiger partial charge in [-0.3, -0.25) is 4.79 Å². The SMILES string of the molecule is COCCN(Cc1nc2ccccc2c(=O)[nH]1)C(=S)Nc1ccc(OC)cc1. The zero-order valence-electron chi connectivity index (χ0n) is 15.8. The third-order valence-electron chi connectivity index (χ3n) is 4.20. The number of fused-ring (bicyclic) bond motifs is 1. The van der Waals surface area contributed by atoms with E-state index in [1.807, 2.05) is 47.4 Å². The number of hydrogen-bond donors (Lipinski definition) is 2. The summed E-state index contributed by atoms with van der Waals surface area (Å²) in [6, 6.07) is 14.7. The second-order valence-electron chi connectivity index (χ2n) is 6.10. The van der Waals surface area contributed by atoms with Crippen molar-refractivity contribution in [2.45, 2.75) is 6.54 Å². The molecule has 0 aliphatic carbocycles. The first kappa shape index (κ1) is 19.8. The molecule has 2 aromatic carbocycles. The van der Waals surface area contributed by atoms with Crippen molar-refractivity contribution >= 4 is 33.9 Å². The lowest BCUT2D eigenvalue weighted by molar-refractivity contribution is 0.174. The summed E-state index contributed by atoms with van der Waals surface area (Å²) in [6.45, 7) is 1.39. The molecule has 1 heterocycles. The molecular weight excluding hydrogens is 376 g/mol. The van der Waals surface area contributed by atoms with Crippen LogP contribution in [0.3, 0.4) is 0 Å². The predicted molar refractivity (Wildman–Crippen MR) is 114 cm³/mol. The lowest BCUT2D eigenvalue weighted by Gasteiger charge is -2.25. The van der Waals surface area contributed by atoms with Crippen LogP contribution in [0.5, 0.6) is 5.75 Å². The maximum absolute atomic E-state index is 12.3. The summed E-state index contributed by atoms with van der Waals surface area (Å²) in [7, 11) is 3.26. The Labute approximate surface area is 168 Å². The summed E-state index contributed by atoms with van der Waals surface area (Å²) in [5.74, 6) is 1.31. The number of ether oxygens (including phenoxy) is 2. The minimum absolute atomic E-state index is 0.165. The van der Waals surface area contributed by atoms with E-state index in [1.54, 1.807) is 20.3 Å². The molecule has 0 unspecified atom stereocenters. The minimum Gasteiger partial charge on any atom is -0.497 e. The number of nitrogens with one attached hydrogen (secondary N) is 2. The third-order valence-corrected chi connectivity index (χ3v) is 4.56. The number of thiocarbonyl (C=S) groups is 1. The van der Waals surface area contributed by atoms with Gasteiger partial charge in [-0.1, -0.05) is 12.1 Å². The van der Waals surface area contributed by atoms with E-state index in [4.69, 9.17) is 21.7 Å². The number of aromatic nitrogens is 2. The molecule has 0 amide bonds. The van der Waals surface area contributed by atoms with Crippen LogP contribution in [0.2, 0.25) is 0 Å². The number of rotatable bonds is 7.